The molecule has 0 aromatic heterocycles. The maximum atomic E-state index is 14.3. The highest BCUT2D eigenvalue weighted by Gasteiger charge is 2.45. The van der Waals surface area contributed by atoms with Crippen LogP contribution in [0.1, 0.15) is 78.9 Å². The molecule has 0 bridgehead atoms. The third-order valence-corrected chi connectivity index (χ3v) is 8.85. The van der Waals surface area contributed by atoms with Crippen molar-refractivity contribution in [3.05, 3.63) is 35.9 Å². The van der Waals surface area contributed by atoms with Crippen LogP contribution in [0.3, 0.4) is 0 Å². The number of hydrogen-bond acceptors (Lipinski definition) is 6. The van der Waals surface area contributed by atoms with Crippen molar-refractivity contribution in [1.29, 1.82) is 0 Å². The third kappa shape index (κ3) is 9.01. The lowest BCUT2D eigenvalue weighted by Gasteiger charge is -2.41. The number of nitrogens with zero attached hydrogens (tertiary/aromatic N) is 2. The van der Waals surface area contributed by atoms with Gasteiger partial charge in [0.05, 0.1) is 42.7 Å². The fourth-order valence-electron chi connectivity index (χ4n) is 6.28. The van der Waals surface area contributed by atoms with Gasteiger partial charge in [0.1, 0.15) is 0 Å². The van der Waals surface area contributed by atoms with E-state index in [1.807, 2.05) is 49.1 Å². The zero-order valence-corrected chi connectivity index (χ0v) is 27.2. The van der Waals surface area contributed by atoms with E-state index in [1.54, 1.807) is 40.0 Å². The van der Waals surface area contributed by atoms with E-state index in [0.29, 0.717) is 19.4 Å². The van der Waals surface area contributed by atoms with Crippen LogP contribution in [0.2, 0.25) is 0 Å². The Hall–Kier alpha value is -2.49. The van der Waals surface area contributed by atoms with Crippen LogP contribution in [0.25, 0.3) is 0 Å². The molecule has 1 unspecified atom stereocenters. The van der Waals surface area contributed by atoms with Gasteiger partial charge in [-0.05, 0) is 37.2 Å². The lowest BCUT2D eigenvalue weighted by Crippen LogP contribution is -2.56. The maximum Gasteiger partial charge on any atom is 0.230 e. The number of likely N-dealkylation sites (tertiary alicyclic amines) is 1. The first-order valence-corrected chi connectivity index (χ1v) is 15.5. The van der Waals surface area contributed by atoms with Gasteiger partial charge in [-0.2, -0.15) is 0 Å². The van der Waals surface area contributed by atoms with Gasteiger partial charge in [0, 0.05) is 40.3 Å². The molecule has 1 aromatic rings. The molecule has 238 valence electrons. The second-order valence-corrected chi connectivity index (χ2v) is 12.4. The van der Waals surface area contributed by atoms with Gasteiger partial charge in [-0.25, -0.2) is 0 Å². The van der Waals surface area contributed by atoms with Crippen LogP contribution in [-0.4, -0.2) is 91.3 Å². The van der Waals surface area contributed by atoms with Crippen LogP contribution in [0, 0.1) is 23.7 Å². The molecule has 0 spiro atoms. The standard InChI is InChI=1S/C33H55N3O6/c1-10-22(4)29(35(7)28(37)19-21(2)3)26(20-41-8)33(40)36-18-14-17-27(36)31(42-9)23(5)32(39)34-24(6)30(38)25-15-12-11-13-16-25/h11-13,15-16,21-24,26-27,29-31,38H,10,14,17-20H2,1-9H3,(H,34,39)/t22-,23+,24+,26?,27-,29-,30+,31+/m0/s1. The summed E-state index contributed by atoms with van der Waals surface area (Å²) in [4.78, 5) is 44.4. The minimum absolute atomic E-state index is 0.0223. The molecule has 42 heavy (non-hydrogen) atoms. The Balaban J connectivity index is 2.26. The Morgan fingerprint density at radius 1 is 1.10 bits per heavy atom. The number of carbonyl (C=O) groups excluding carboxylic acids is 3. The van der Waals surface area contributed by atoms with Crippen LogP contribution < -0.4 is 5.32 Å². The zero-order valence-electron chi connectivity index (χ0n) is 27.2. The Morgan fingerprint density at radius 3 is 2.29 bits per heavy atom. The summed E-state index contributed by atoms with van der Waals surface area (Å²) in [7, 11) is 4.96. The Labute approximate surface area is 253 Å². The van der Waals surface area contributed by atoms with Crippen molar-refractivity contribution in [2.75, 3.05) is 34.4 Å². The van der Waals surface area contributed by atoms with E-state index in [1.165, 1.54) is 0 Å². The average Bonchev–Trinajstić information content (AvgIpc) is 3.45. The van der Waals surface area contributed by atoms with Gasteiger partial charge in [0.2, 0.25) is 17.7 Å². The number of rotatable bonds is 16. The highest BCUT2D eigenvalue weighted by Crippen LogP contribution is 2.32. The maximum absolute atomic E-state index is 14.3. The Bertz CT molecular complexity index is 989. The van der Waals surface area contributed by atoms with Crippen LogP contribution in [0.5, 0.6) is 0 Å². The highest BCUT2D eigenvalue weighted by molar-refractivity contribution is 5.83. The minimum atomic E-state index is -0.851. The average molecular weight is 590 g/mol. The monoisotopic (exact) mass is 589 g/mol. The molecule has 0 radical (unpaired) electrons. The lowest BCUT2D eigenvalue weighted by atomic mass is 9.85. The first-order valence-electron chi connectivity index (χ1n) is 15.5. The summed E-state index contributed by atoms with van der Waals surface area (Å²) in [6.45, 7) is 12.5. The van der Waals surface area contributed by atoms with Crippen molar-refractivity contribution in [2.24, 2.45) is 23.7 Å². The number of hydrogen-bond donors (Lipinski definition) is 2. The van der Waals surface area contributed by atoms with Crippen molar-refractivity contribution >= 4 is 17.7 Å². The zero-order chi connectivity index (χ0) is 31.6. The molecule has 9 heteroatoms. The number of aliphatic hydroxyl groups is 1. The fourth-order valence-corrected chi connectivity index (χ4v) is 6.28. The van der Waals surface area contributed by atoms with Crippen molar-refractivity contribution in [1.82, 2.24) is 15.1 Å². The summed E-state index contributed by atoms with van der Waals surface area (Å²) in [5.41, 5.74) is 0.727. The lowest BCUT2D eigenvalue weighted by molar-refractivity contribution is -0.150. The molecular formula is C33H55N3O6. The van der Waals surface area contributed by atoms with Gasteiger partial charge in [0.25, 0.3) is 0 Å². The summed E-state index contributed by atoms with van der Waals surface area (Å²) >= 11 is 0. The van der Waals surface area contributed by atoms with Crippen molar-refractivity contribution < 1.29 is 29.0 Å². The second-order valence-electron chi connectivity index (χ2n) is 12.4. The van der Waals surface area contributed by atoms with Crippen LogP contribution in [0.4, 0.5) is 0 Å². The highest BCUT2D eigenvalue weighted by atomic mass is 16.5. The number of carbonyl (C=O) groups is 3. The fraction of sp³-hybridized carbons (Fsp3) is 0.727. The second kappa shape index (κ2) is 17.0. The van der Waals surface area contributed by atoms with Gasteiger partial charge in [0.15, 0.2) is 0 Å². The molecule has 0 saturated carbocycles. The number of aliphatic hydroxyl groups excluding tert-OH is 1. The summed E-state index contributed by atoms with van der Waals surface area (Å²) in [5, 5.41) is 13.7. The van der Waals surface area contributed by atoms with Gasteiger partial charge in [-0.3, -0.25) is 14.4 Å². The Kier molecular flexibility index (Phi) is 14.4. The number of benzene rings is 1. The smallest absolute Gasteiger partial charge is 0.230 e. The molecule has 1 heterocycles. The predicted molar refractivity (Wildman–Crippen MR) is 165 cm³/mol. The van der Waals surface area contributed by atoms with E-state index in [0.717, 1.165) is 18.4 Å². The van der Waals surface area contributed by atoms with Crippen LogP contribution in [-0.2, 0) is 23.9 Å². The predicted octanol–water partition coefficient (Wildman–Crippen LogP) is 4.05. The third-order valence-electron chi connectivity index (χ3n) is 8.85. The van der Waals surface area contributed by atoms with E-state index in [-0.39, 0.29) is 48.2 Å². The van der Waals surface area contributed by atoms with Crippen molar-refractivity contribution in [3.8, 4) is 0 Å². The molecule has 1 aliphatic rings. The topological polar surface area (TPSA) is 108 Å². The number of methoxy groups -OCH3 is 2. The van der Waals surface area contributed by atoms with Crippen molar-refractivity contribution in [3.63, 3.8) is 0 Å². The molecule has 1 saturated heterocycles. The van der Waals surface area contributed by atoms with Gasteiger partial charge < -0.3 is 29.7 Å². The number of amides is 3. The van der Waals surface area contributed by atoms with Crippen LogP contribution >= 0.6 is 0 Å². The summed E-state index contributed by atoms with van der Waals surface area (Å²) < 4.78 is 11.5. The van der Waals surface area contributed by atoms with E-state index >= 15 is 0 Å². The molecule has 1 aliphatic heterocycles. The van der Waals surface area contributed by atoms with Gasteiger partial charge >= 0.3 is 0 Å². The first kappa shape index (κ1) is 35.7. The normalized spacial score (nSPS) is 20.4. The molecule has 3 amide bonds. The number of ether oxygens (including phenoxy) is 2. The van der Waals surface area contributed by atoms with Crippen molar-refractivity contribution in [2.45, 2.75) is 97.6 Å². The molecule has 0 aliphatic carbocycles. The largest absolute Gasteiger partial charge is 0.386 e. The van der Waals surface area contributed by atoms with Gasteiger partial charge in [-0.15, -0.1) is 0 Å². The first-order chi connectivity index (χ1) is 19.9. The van der Waals surface area contributed by atoms with E-state index in [4.69, 9.17) is 9.47 Å². The van der Waals surface area contributed by atoms with Gasteiger partial charge in [-0.1, -0.05) is 71.4 Å². The summed E-state index contributed by atoms with van der Waals surface area (Å²) in [6, 6.07) is 8.10. The van der Waals surface area contributed by atoms with E-state index in [2.05, 4.69) is 19.2 Å². The summed E-state index contributed by atoms with van der Waals surface area (Å²) in [5.74, 6) is -1.12. The van der Waals surface area contributed by atoms with E-state index in [9.17, 15) is 19.5 Å². The molecule has 1 fully saturated rings. The number of nitrogens with one attached hydrogen (secondary N) is 1. The molecule has 1 aromatic carbocycles. The molecular weight excluding hydrogens is 534 g/mol. The SMILES string of the molecule is CC[C@H](C)[C@@H](C(COC)C(=O)N1CCC[C@H]1[C@H](OC)[C@@H](C)C(=O)N[C@H](C)[C@@H](O)c1ccccc1)N(C)C(=O)CC(C)C. The molecule has 8 atom stereocenters. The van der Waals surface area contributed by atoms with E-state index < -0.39 is 30.1 Å². The summed E-state index contributed by atoms with van der Waals surface area (Å²) in [6.07, 6.45) is 1.34. The quantitative estimate of drug-likeness (QED) is 0.301. The van der Waals surface area contributed by atoms with Crippen LogP contribution in [0.15, 0.2) is 30.3 Å². The molecule has 9 nitrogen and oxygen atoms in total. The Morgan fingerprint density at radius 2 is 1.74 bits per heavy atom. The minimum Gasteiger partial charge on any atom is -0.386 e. The molecule has 2 N–H and O–H groups in total. The molecule has 2 rings (SSSR count).